The van der Waals surface area contributed by atoms with Crippen LogP contribution in [-0.2, 0) is 4.79 Å². The lowest BCUT2D eigenvalue weighted by atomic mass is 10.1. The van der Waals surface area contributed by atoms with Crippen LogP contribution in [0.25, 0.3) is 11.3 Å². The Balaban J connectivity index is 1.57. The molecule has 3 aromatic rings. The first-order chi connectivity index (χ1) is 12.0. The van der Waals surface area contributed by atoms with Crippen molar-refractivity contribution < 1.29 is 18.3 Å². The number of anilines is 1. The summed E-state index contributed by atoms with van der Waals surface area (Å²) in [6.07, 6.45) is 1.57. The van der Waals surface area contributed by atoms with E-state index in [1.165, 1.54) is 12.1 Å². The number of rotatable bonds is 5. The molecule has 0 aliphatic rings. The Morgan fingerprint density at radius 3 is 2.68 bits per heavy atom. The lowest BCUT2D eigenvalue weighted by Crippen LogP contribution is -2.20. The number of carbonyl (C=O) groups is 1. The highest BCUT2D eigenvalue weighted by molar-refractivity contribution is 9.10. The maximum Gasteiger partial charge on any atom is 0.262 e. The van der Waals surface area contributed by atoms with E-state index in [9.17, 15) is 9.18 Å². The van der Waals surface area contributed by atoms with Gasteiger partial charge in [-0.2, -0.15) is 0 Å². The van der Waals surface area contributed by atoms with Crippen molar-refractivity contribution in [3.63, 3.8) is 0 Å². The second-order valence-electron chi connectivity index (χ2n) is 5.24. The topological polar surface area (TPSA) is 64.4 Å². The number of aryl methyl sites for hydroxylation is 1. The summed E-state index contributed by atoms with van der Waals surface area (Å²) >= 11 is 3.16. The average molecular weight is 405 g/mol. The SMILES string of the molecule is Cc1nc(-c2ccc(NC(=O)COc3ccc(Br)cc3F)cc2)co1. The van der Waals surface area contributed by atoms with E-state index in [-0.39, 0.29) is 18.3 Å². The molecule has 7 heteroatoms. The highest BCUT2D eigenvalue weighted by Crippen LogP contribution is 2.22. The van der Waals surface area contributed by atoms with E-state index in [0.717, 1.165) is 11.3 Å². The number of nitrogens with one attached hydrogen (secondary N) is 1. The van der Waals surface area contributed by atoms with Crippen LogP contribution in [0.5, 0.6) is 5.75 Å². The molecular formula is C18H14BrFN2O3. The summed E-state index contributed by atoms with van der Waals surface area (Å²) in [5.74, 6) is -0.304. The minimum absolute atomic E-state index is 0.0232. The Kier molecular flexibility index (Phi) is 5.14. The van der Waals surface area contributed by atoms with Crippen molar-refractivity contribution >= 4 is 27.5 Å². The summed E-state index contributed by atoms with van der Waals surface area (Å²) in [5, 5.41) is 2.69. The molecular weight excluding hydrogens is 391 g/mol. The number of ether oxygens (including phenoxy) is 1. The molecule has 1 N–H and O–H groups in total. The Labute approximate surface area is 152 Å². The number of carbonyl (C=O) groups excluding carboxylic acids is 1. The van der Waals surface area contributed by atoms with Gasteiger partial charge in [0.25, 0.3) is 5.91 Å². The Morgan fingerprint density at radius 1 is 1.28 bits per heavy atom. The van der Waals surface area contributed by atoms with Gasteiger partial charge < -0.3 is 14.5 Å². The highest BCUT2D eigenvalue weighted by atomic mass is 79.9. The molecule has 25 heavy (non-hydrogen) atoms. The standard InChI is InChI=1S/C18H14BrFN2O3/c1-11-21-16(9-24-11)12-2-5-14(6-3-12)22-18(23)10-25-17-7-4-13(19)8-15(17)20/h2-9H,10H2,1H3,(H,22,23). The third kappa shape index (κ3) is 4.45. The first-order valence-electron chi connectivity index (χ1n) is 7.41. The van der Waals surface area contributed by atoms with Gasteiger partial charge in [-0.1, -0.05) is 28.1 Å². The summed E-state index contributed by atoms with van der Waals surface area (Å²) in [6, 6.07) is 11.5. The quantitative estimate of drug-likeness (QED) is 0.676. The number of amides is 1. The molecule has 0 bridgehead atoms. The summed E-state index contributed by atoms with van der Waals surface area (Å²) in [7, 11) is 0. The minimum Gasteiger partial charge on any atom is -0.481 e. The van der Waals surface area contributed by atoms with Gasteiger partial charge in [-0.05, 0) is 30.3 Å². The van der Waals surface area contributed by atoms with Gasteiger partial charge in [0.05, 0.1) is 0 Å². The van der Waals surface area contributed by atoms with Crippen LogP contribution < -0.4 is 10.1 Å². The first-order valence-corrected chi connectivity index (χ1v) is 8.21. The van der Waals surface area contributed by atoms with E-state index in [0.29, 0.717) is 16.1 Å². The molecule has 0 fully saturated rings. The van der Waals surface area contributed by atoms with Crippen LogP contribution in [0.2, 0.25) is 0 Å². The van der Waals surface area contributed by atoms with Crippen LogP contribution in [0.1, 0.15) is 5.89 Å². The van der Waals surface area contributed by atoms with E-state index < -0.39 is 5.82 Å². The molecule has 0 radical (unpaired) electrons. The molecule has 0 spiro atoms. The van der Waals surface area contributed by atoms with Gasteiger partial charge in [0.2, 0.25) is 0 Å². The van der Waals surface area contributed by atoms with E-state index in [1.54, 1.807) is 31.4 Å². The molecule has 0 saturated heterocycles. The van der Waals surface area contributed by atoms with Crippen molar-refractivity contribution in [2.75, 3.05) is 11.9 Å². The number of halogens is 2. The second kappa shape index (κ2) is 7.48. The number of aromatic nitrogens is 1. The fourth-order valence-electron chi connectivity index (χ4n) is 2.15. The van der Waals surface area contributed by atoms with E-state index in [4.69, 9.17) is 9.15 Å². The Bertz CT molecular complexity index is 894. The first kappa shape index (κ1) is 17.2. The highest BCUT2D eigenvalue weighted by Gasteiger charge is 2.09. The number of oxazole rings is 1. The molecule has 1 aromatic heterocycles. The lowest BCUT2D eigenvalue weighted by Gasteiger charge is -2.09. The molecule has 5 nitrogen and oxygen atoms in total. The molecule has 1 amide bonds. The largest absolute Gasteiger partial charge is 0.481 e. The van der Waals surface area contributed by atoms with Gasteiger partial charge in [-0.25, -0.2) is 9.37 Å². The van der Waals surface area contributed by atoms with Crippen LogP contribution in [0.4, 0.5) is 10.1 Å². The normalized spacial score (nSPS) is 10.5. The number of hydrogen-bond acceptors (Lipinski definition) is 4. The summed E-state index contributed by atoms with van der Waals surface area (Å²) in [4.78, 5) is 16.2. The summed E-state index contributed by atoms with van der Waals surface area (Å²) in [6.45, 7) is 1.48. The van der Waals surface area contributed by atoms with Crippen LogP contribution in [-0.4, -0.2) is 17.5 Å². The Hall–Kier alpha value is -2.67. The van der Waals surface area contributed by atoms with Crippen molar-refractivity contribution in [1.82, 2.24) is 4.98 Å². The third-order valence-electron chi connectivity index (χ3n) is 3.34. The molecule has 0 atom stereocenters. The molecule has 2 aromatic carbocycles. The maximum absolute atomic E-state index is 13.6. The summed E-state index contributed by atoms with van der Waals surface area (Å²) < 4.78 is 24.6. The van der Waals surface area contributed by atoms with Crippen LogP contribution in [0.15, 0.2) is 57.6 Å². The monoisotopic (exact) mass is 404 g/mol. The number of nitrogens with zero attached hydrogens (tertiary/aromatic N) is 1. The molecule has 0 unspecified atom stereocenters. The molecule has 1 heterocycles. The molecule has 0 aliphatic carbocycles. The van der Waals surface area contributed by atoms with Gasteiger partial charge in [0, 0.05) is 22.6 Å². The van der Waals surface area contributed by atoms with Gasteiger partial charge >= 0.3 is 0 Å². The predicted molar refractivity (Wildman–Crippen MR) is 94.9 cm³/mol. The molecule has 128 valence electrons. The zero-order valence-electron chi connectivity index (χ0n) is 13.3. The van der Waals surface area contributed by atoms with Crippen molar-refractivity contribution in [1.29, 1.82) is 0 Å². The van der Waals surface area contributed by atoms with E-state index in [2.05, 4.69) is 26.2 Å². The molecule has 0 saturated carbocycles. The van der Waals surface area contributed by atoms with E-state index in [1.807, 2.05) is 12.1 Å². The maximum atomic E-state index is 13.6. The zero-order chi connectivity index (χ0) is 17.8. The van der Waals surface area contributed by atoms with Crippen LogP contribution in [0.3, 0.4) is 0 Å². The van der Waals surface area contributed by atoms with Crippen LogP contribution in [0, 0.1) is 12.7 Å². The van der Waals surface area contributed by atoms with Gasteiger partial charge in [-0.15, -0.1) is 0 Å². The predicted octanol–water partition coefficient (Wildman–Crippen LogP) is 4.57. The number of hydrogen-bond donors (Lipinski definition) is 1. The van der Waals surface area contributed by atoms with Crippen molar-refractivity contribution in [2.24, 2.45) is 0 Å². The Morgan fingerprint density at radius 2 is 2.04 bits per heavy atom. The summed E-state index contributed by atoms with van der Waals surface area (Å²) in [5.41, 5.74) is 2.21. The van der Waals surface area contributed by atoms with Gasteiger partial charge in [0.1, 0.15) is 12.0 Å². The minimum atomic E-state index is -0.533. The molecule has 3 rings (SSSR count). The zero-order valence-corrected chi connectivity index (χ0v) is 14.8. The fourth-order valence-corrected chi connectivity index (χ4v) is 2.49. The van der Waals surface area contributed by atoms with Crippen molar-refractivity contribution in [3.8, 4) is 17.0 Å². The van der Waals surface area contributed by atoms with Crippen LogP contribution >= 0.6 is 15.9 Å². The third-order valence-corrected chi connectivity index (χ3v) is 3.83. The van der Waals surface area contributed by atoms with E-state index >= 15 is 0 Å². The van der Waals surface area contributed by atoms with Gasteiger partial charge in [0.15, 0.2) is 24.1 Å². The van der Waals surface area contributed by atoms with Crippen molar-refractivity contribution in [3.05, 3.63) is 64.9 Å². The second-order valence-corrected chi connectivity index (χ2v) is 6.16. The molecule has 0 aliphatic heterocycles. The van der Waals surface area contributed by atoms with Crippen molar-refractivity contribution in [2.45, 2.75) is 6.92 Å². The lowest BCUT2D eigenvalue weighted by molar-refractivity contribution is -0.118. The number of benzene rings is 2. The fraction of sp³-hybridized carbons (Fsp3) is 0.111. The average Bonchev–Trinajstić information content (AvgIpc) is 3.01. The van der Waals surface area contributed by atoms with Gasteiger partial charge in [-0.3, -0.25) is 4.79 Å². The smallest absolute Gasteiger partial charge is 0.262 e.